The van der Waals surface area contributed by atoms with Gasteiger partial charge in [0.2, 0.25) is 0 Å². The lowest BCUT2D eigenvalue weighted by molar-refractivity contribution is -0.148. The van der Waals surface area contributed by atoms with Crippen LogP contribution in [0.4, 0.5) is 4.79 Å². The van der Waals surface area contributed by atoms with Crippen molar-refractivity contribution in [2.45, 2.75) is 70.4 Å². The topological polar surface area (TPSA) is 78.4 Å². The maximum atomic E-state index is 12.1. The molecule has 0 aromatic carbocycles. The minimum Gasteiger partial charge on any atom is -0.480 e. The van der Waals surface area contributed by atoms with E-state index in [1.54, 1.807) is 0 Å². The molecule has 2 rings (SSSR count). The third kappa shape index (κ3) is 3.07. The van der Waals surface area contributed by atoms with Crippen molar-refractivity contribution in [3.05, 3.63) is 0 Å². The average Bonchev–Trinajstić information content (AvgIpc) is 2.33. The molecule has 0 bridgehead atoms. The summed E-state index contributed by atoms with van der Waals surface area (Å²) in [6.45, 7) is 4.38. The van der Waals surface area contributed by atoms with Crippen molar-refractivity contribution >= 4 is 12.0 Å². The number of aliphatic carboxylic acids is 1. The summed E-state index contributed by atoms with van der Waals surface area (Å²) in [6, 6.07) is -0.140. The Kier molecular flexibility index (Phi) is 4.55. The minimum atomic E-state index is -1.02. The molecule has 2 atom stereocenters. The van der Waals surface area contributed by atoms with Gasteiger partial charge in [-0.25, -0.2) is 9.59 Å². The van der Waals surface area contributed by atoms with Crippen LogP contribution in [-0.2, 0) is 4.79 Å². The van der Waals surface area contributed by atoms with E-state index in [1.807, 2.05) is 0 Å². The lowest BCUT2D eigenvalue weighted by Gasteiger charge is -2.40. The Labute approximate surface area is 120 Å². The molecule has 2 unspecified atom stereocenters. The lowest BCUT2D eigenvalue weighted by Crippen LogP contribution is -2.62. The van der Waals surface area contributed by atoms with E-state index in [0.29, 0.717) is 24.7 Å². The van der Waals surface area contributed by atoms with Crippen molar-refractivity contribution in [1.29, 1.82) is 0 Å². The Balaban J connectivity index is 1.91. The van der Waals surface area contributed by atoms with Gasteiger partial charge in [0.15, 0.2) is 0 Å². The monoisotopic (exact) mass is 282 g/mol. The van der Waals surface area contributed by atoms with Crippen molar-refractivity contribution in [3.63, 3.8) is 0 Å². The average molecular weight is 282 g/mol. The van der Waals surface area contributed by atoms with Gasteiger partial charge in [-0.05, 0) is 43.9 Å². The van der Waals surface area contributed by atoms with Crippen LogP contribution >= 0.6 is 0 Å². The standard InChI is InChI=1S/C15H26N2O3/c1-10(2)11-6-3-4-7-12(11)16-14(20)17-15(13(18)19)8-5-9-15/h10-12H,3-9H2,1-2H3,(H,18,19)(H2,16,17,20). The Bertz CT molecular complexity index is 377. The van der Waals surface area contributed by atoms with E-state index in [9.17, 15) is 14.7 Å². The van der Waals surface area contributed by atoms with Crippen LogP contribution in [0, 0.1) is 11.8 Å². The van der Waals surface area contributed by atoms with Crippen LogP contribution in [0.1, 0.15) is 58.8 Å². The van der Waals surface area contributed by atoms with E-state index in [0.717, 1.165) is 25.7 Å². The van der Waals surface area contributed by atoms with Gasteiger partial charge in [0.05, 0.1) is 0 Å². The molecular weight excluding hydrogens is 256 g/mol. The number of hydrogen-bond acceptors (Lipinski definition) is 2. The molecule has 114 valence electrons. The zero-order valence-electron chi connectivity index (χ0n) is 12.4. The molecule has 5 heteroatoms. The quantitative estimate of drug-likeness (QED) is 0.741. The molecule has 0 heterocycles. The van der Waals surface area contributed by atoms with Crippen LogP contribution in [0.2, 0.25) is 0 Å². The van der Waals surface area contributed by atoms with Gasteiger partial charge in [0.25, 0.3) is 0 Å². The summed E-state index contributed by atoms with van der Waals surface area (Å²) in [5, 5.41) is 14.9. The molecule has 0 spiro atoms. The molecular formula is C15H26N2O3. The summed E-state index contributed by atoms with van der Waals surface area (Å²) < 4.78 is 0. The van der Waals surface area contributed by atoms with Gasteiger partial charge in [-0.1, -0.05) is 26.7 Å². The number of hydrogen-bond donors (Lipinski definition) is 3. The van der Waals surface area contributed by atoms with Crippen molar-refractivity contribution in [3.8, 4) is 0 Å². The molecule has 3 N–H and O–H groups in total. The Hall–Kier alpha value is -1.26. The van der Waals surface area contributed by atoms with Crippen molar-refractivity contribution in [2.24, 2.45) is 11.8 Å². The summed E-state index contributed by atoms with van der Waals surface area (Å²) in [5.74, 6) is 0.123. The van der Waals surface area contributed by atoms with Gasteiger partial charge in [-0.3, -0.25) is 0 Å². The first-order valence-corrected chi connectivity index (χ1v) is 7.77. The maximum Gasteiger partial charge on any atom is 0.329 e. The third-order valence-electron chi connectivity index (χ3n) is 4.96. The highest BCUT2D eigenvalue weighted by Crippen LogP contribution is 2.33. The highest BCUT2D eigenvalue weighted by Gasteiger charge is 2.46. The third-order valence-corrected chi connectivity index (χ3v) is 4.96. The number of amides is 2. The van der Waals surface area contributed by atoms with E-state index >= 15 is 0 Å². The minimum absolute atomic E-state index is 0.176. The molecule has 20 heavy (non-hydrogen) atoms. The Morgan fingerprint density at radius 2 is 1.80 bits per heavy atom. The van der Waals surface area contributed by atoms with Crippen LogP contribution < -0.4 is 10.6 Å². The molecule has 2 saturated carbocycles. The smallest absolute Gasteiger partial charge is 0.329 e. The van der Waals surface area contributed by atoms with Crippen molar-refractivity contribution in [1.82, 2.24) is 10.6 Å². The molecule has 0 radical (unpaired) electrons. The summed E-state index contributed by atoms with van der Waals surface area (Å²) in [6.07, 6.45) is 6.44. The summed E-state index contributed by atoms with van der Waals surface area (Å²) in [7, 11) is 0. The number of carbonyl (C=O) groups excluding carboxylic acids is 1. The highest BCUT2D eigenvalue weighted by atomic mass is 16.4. The molecule has 0 aromatic rings. The van der Waals surface area contributed by atoms with E-state index < -0.39 is 11.5 Å². The van der Waals surface area contributed by atoms with Crippen LogP contribution in [0.5, 0.6) is 0 Å². The maximum absolute atomic E-state index is 12.1. The van der Waals surface area contributed by atoms with Crippen LogP contribution in [-0.4, -0.2) is 28.7 Å². The molecule has 2 aliphatic carbocycles. The number of carboxylic acids is 1. The van der Waals surface area contributed by atoms with Crippen LogP contribution in [0.15, 0.2) is 0 Å². The molecule has 2 amide bonds. The van der Waals surface area contributed by atoms with Gasteiger partial charge in [0.1, 0.15) is 5.54 Å². The van der Waals surface area contributed by atoms with E-state index in [2.05, 4.69) is 24.5 Å². The fourth-order valence-corrected chi connectivity index (χ4v) is 3.48. The molecule has 2 fully saturated rings. The van der Waals surface area contributed by atoms with E-state index in [1.165, 1.54) is 6.42 Å². The molecule has 0 aliphatic heterocycles. The van der Waals surface area contributed by atoms with Gasteiger partial charge in [-0.15, -0.1) is 0 Å². The van der Waals surface area contributed by atoms with E-state index in [4.69, 9.17) is 0 Å². The fraction of sp³-hybridized carbons (Fsp3) is 0.867. The first-order chi connectivity index (χ1) is 9.44. The van der Waals surface area contributed by atoms with Gasteiger partial charge < -0.3 is 15.7 Å². The highest BCUT2D eigenvalue weighted by molar-refractivity contribution is 5.87. The molecule has 5 nitrogen and oxygen atoms in total. The zero-order chi connectivity index (χ0) is 14.8. The normalized spacial score (nSPS) is 28.6. The fourth-order valence-electron chi connectivity index (χ4n) is 3.48. The SMILES string of the molecule is CC(C)C1CCCCC1NC(=O)NC1(C(=O)O)CCC1. The number of carboxylic acid groups (broad SMARTS) is 1. The van der Waals surface area contributed by atoms with Gasteiger partial charge in [-0.2, -0.15) is 0 Å². The first-order valence-electron chi connectivity index (χ1n) is 7.77. The van der Waals surface area contributed by atoms with Crippen molar-refractivity contribution in [2.75, 3.05) is 0 Å². The first kappa shape index (κ1) is 15.1. The predicted molar refractivity (Wildman–Crippen MR) is 76.5 cm³/mol. The largest absolute Gasteiger partial charge is 0.480 e. The Morgan fingerprint density at radius 1 is 1.15 bits per heavy atom. The molecule has 2 aliphatic rings. The number of rotatable bonds is 4. The van der Waals surface area contributed by atoms with Crippen LogP contribution in [0.25, 0.3) is 0 Å². The molecule has 0 saturated heterocycles. The second kappa shape index (κ2) is 6.02. The second-order valence-corrected chi connectivity index (χ2v) is 6.64. The number of carbonyl (C=O) groups is 2. The van der Waals surface area contributed by atoms with Gasteiger partial charge in [0, 0.05) is 6.04 Å². The second-order valence-electron chi connectivity index (χ2n) is 6.64. The van der Waals surface area contributed by atoms with Crippen LogP contribution in [0.3, 0.4) is 0 Å². The predicted octanol–water partition coefficient (Wildman–Crippen LogP) is 2.51. The Morgan fingerprint density at radius 3 is 2.30 bits per heavy atom. The van der Waals surface area contributed by atoms with Crippen molar-refractivity contribution < 1.29 is 14.7 Å². The summed E-state index contributed by atoms with van der Waals surface area (Å²) in [4.78, 5) is 23.4. The lowest BCUT2D eigenvalue weighted by atomic mass is 9.76. The number of nitrogens with one attached hydrogen (secondary N) is 2. The summed E-state index contributed by atoms with van der Waals surface area (Å²) >= 11 is 0. The zero-order valence-corrected chi connectivity index (χ0v) is 12.4. The summed E-state index contributed by atoms with van der Waals surface area (Å²) in [5.41, 5.74) is -1.02. The molecule has 0 aromatic heterocycles. The van der Waals surface area contributed by atoms with E-state index in [-0.39, 0.29) is 12.1 Å². The van der Waals surface area contributed by atoms with Gasteiger partial charge >= 0.3 is 12.0 Å². The number of urea groups is 1.